The minimum absolute atomic E-state index is 0.0728. The molecule has 2 aromatic rings. The second kappa shape index (κ2) is 8.98. The van der Waals surface area contributed by atoms with Crippen molar-refractivity contribution in [3.8, 4) is 6.07 Å². The molecule has 4 rings (SSSR count). The first-order chi connectivity index (χ1) is 15.0. The molecule has 0 saturated carbocycles. The predicted octanol–water partition coefficient (Wildman–Crippen LogP) is 3.15. The van der Waals surface area contributed by atoms with Crippen molar-refractivity contribution in [1.82, 2.24) is 15.2 Å². The SMILES string of the molecule is C[C@H](NCCC(=O)N1CC2CCC(C1)N2c1ccc(C#N)cn1)c1ccc(F)cc1F. The number of hydrogen-bond donors (Lipinski definition) is 1. The van der Waals surface area contributed by atoms with Gasteiger partial charge in [-0.3, -0.25) is 4.79 Å². The highest BCUT2D eigenvalue weighted by Gasteiger charge is 2.41. The smallest absolute Gasteiger partial charge is 0.223 e. The van der Waals surface area contributed by atoms with Crippen LogP contribution in [0.5, 0.6) is 0 Å². The molecule has 8 heteroatoms. The number of fused-ring (bicyclic) bond motifs is 2. The third-order valence-electron chi connectivity index (χ3n) is 6.19. The number of amides is 1. The Balaban J connectivity index is 1.30. The lowest BCUT2D eigenvalue weighted by Gasteiger charge is -2.42. The van der Waals surface area contributed by atoms with E-state index in [1.54, 1.807) is 19.2 Å². The third-order valence-corrected chi connectivity index (χ3v) is 6.19. The monoisotopic (exact) mass is 425 g/mol. The quantitative estimate of drug-likeness (QED) is 0.770. The van der Waals surface area contributed by atoms with Gasteiger partial charge in [-0.15, -0.1) is 0 Å². The molecular formula is C23H25F2N5O. The van der Waals surface area contributed by atoms with Gasteiger partial charge in [-0.05, 0) is 38.0 Å². The maximum atomic E-state index is 13.9. The van der Waals surface area contributed by atoms with Gasteiger partial charge in [-0.2, -0.15) is 5.26 Å². The highest BCUT2D eigenvalue weighted by atomic mass is 19.1. The van der Waals surface area contributed by atoms with Gasteiger partial charge in [0.2, 0.25) is 5.91 Å². The van der Waals surface area contributed by atoms with E-state index in [0.717, 1.165) is 24.7 Å². The maximum absolute atomic E-state index is 13.9. The first-order valence-corrected chi connectivity index (χ1v) is 10.6. The maximum Gasteiger partial charge on any atom is 0.223 e. The second-order valence-electron chi connectivity index (χ2n) is 8.20. The number of nitrogens with one attached hydrogen (secondary N) is 1. The van der Waals surface area contributed by atoms with Crippen LogP contribution in [0.3, 0.4) is 0 Å². The summed E-state index contributed by atoms with van der Waals surface area (Å²) in [7, 11) is 0. The number of hydrogen-bond acceptors (Lipinski definition) is 5. The van der Waals surface area contributed by atoms with Crippen molar-refractivity contribution in [3.05, 3.63) is 59.3 Å². The van der Waals surface area contributed by atoms with Crippen molar-refractivity contribution in [2.75, 3.05) is 24.5 Å². The molecule has 2 bridgehead atoms. The second-order valence-corrected chi connectivity index (χ2v) is 8.20. The summed E-state index contributed by atoms with van der Waals surface area (Å²) >= 11 is 0. The fourth-order valence-corrected chi connectivity index (χ4v) is 4.60. The van der Waals surface area contributed by atoms with E-state index in [1.165, 1.54) is 12.1 Å². The Hall–Kier alpha value is -3.05. The summed E-state index contributed by atoms with van der Waals surface area (Å²) in [5.74, 6) is -0.261. The number of carbonyl (C=O) groups excluding carboxylic acids is 1. The Bertz CT molecular complexity index is 976. The van der Waals surface area contributed by atoms with Crippen molar-refractivity contribution in [3.63, 3.8) is 0 Å². The molecule has 0 radical (unpaired) electrons. The molecule has 3 atom stereocenters. The molecule has 3 heterocycles. The van der Waals surface area contributed by atoms with Gasteiger partial charge in [0.05, 0.1) is 5.56 Å². The van der Waals surface area contributed by atoms with Crippen LogP contribution in [0.4, 0.5) is 14.6 Å². The molecule has 1 amide bonds. The average molecular weight is 425 g/mol. The fraction of sp³-hybridized carbons (Fsp3) is 0.435. The molecule has 31 heavy (non-hydrogen) atoms. The molecule has 2 aliphatic heterocycles. The number of anilines is 1. The Morgan fingerprint density at radius 3 is 2.61 bits per heavy atom. The van der Waals surface area contributed by atoms with E-state index in [2.05, 4.69) is 21.3 Å². The number of pyridine rings is 1. The van der Waals surface area contributed by atoms with E-state index in [0.29, 0.717) is 37.2 Å². The van der Waals surface area contributed by atoms with Crippen LogP contribution in [0.2, 0.25) is 0 Å². The Morgan fingerprint density at radius 1 is 1.26 bits per heavy atom. The van der Waals surface area contributed by atoms with Gasteiger partial charge >= 0.3 is 0 Å². The van der Waals surface area contributed by atoms with Crippen LogP contribution < -0.4 is 10.2 Å². The van der Waals surface area contributed by atoms with Gasteiger partial charge in [-0.25, -0.2) is 13.8 Å². The zero-order valence-corrected chi connectivity index (χ0v) is 17.4. The van der Waals surface area contributed by atoms with Gasteiger partial charge in [0.1, 0.15) is 23.5 Å². The summed E-state index contributed by atoms with van der Waals surface area (Å²) in [6.45, 7) is 3.52. The van der Waals surface area contributed by atoms with Crippen molar-refractivity contribution in [2.24, 2.45) is 0 Å². The number of nitriles is 1. The van der Waals surface area contributed by atoms with Gasteiger partial charge in [0.25, 0.3) is 0 Å². The first-order valence-electron chi connectivity index (χ1n) is 10.6. The van der Waals surface area contributed by atoms with Crippen LogP contribution in [0.15, 0.2) is 36.5 Å². The van der Waals surface area contributed by atoms with Crippen molar-refractivity contribution in [1.29, 1.82) is 5.26 Å². The summed E-state index contributed by atoms with van der Waals surface area (Å²) in [6, 6.07) is 9.40. The largest absolute Gasteiger partial charge is 0.347 e. The van der Waals surface area contributed by atoms with E-state index >= 15 is 0 Å². The zero-order chi connectivity index (χ0) is 22.0. The summed E-state index contributed by atoms with van der Waals surface area (Å²) in [6.07, 6.45) is 3.93. The number of piperazine rings is 1. The highest BCUT2D eigenvalue weighted by molar-refractivity contribution is 5.77. The van der Waals surface area contributed by atoms with Crippen LogP contribution in [0.25, 0.3) is 0 Å². The summed E-state index contributed by atoms with van der Waals surface area (Å²) < 4.78 is 27.0. The Morgan fingerprint density at radius 2 is 2.00 bits per heavy atom. The topological polar surface area (TPSA) is 72.3 Å². The minimum Gasteiger partial charge on any atom is -0.347 e. The lowest BCUT2D eigenvalue weighted by molar-refractivity contribution is -0.132. The molecule has 6 nitrogen and oxygen atoms in total. The predicted molar refractivity (Wildman–Crippen MR) is 112 cm³/mol. The molecule has 2 unspecified atom stereocenters. The lowest BCUT2D eigenvalue weighted by atomic mass is 10.1. The number of halogens is 2. The van der Waals surface area contributed by atoms with Gasteiger partial charge < -0.3 is 15.1 Å². The number of nitrogens with zero attached hydrogens (tertiary/aromatic N) is 4. The normalized spacial score (nSPS) is 21.1. The van der Waals surface area contributed by atoms with Gasteiger partial charge in [0, 0.05) is 62.0 Å². The van der Waals surface area contributed by atoms with E-state index in [4.69, 9.17) is 5.26 Å². The van der Waals surface area contributed by atoms with E-state index in [9.17, 15) is 13.6 Å². The van der Waals surface area contributed by atoms with Crippen LogP contribution in [-0.2, 0) is 4.79 Å². The summed E-state index contributed by atoms with van der Waals surface area (Å²) in [4.78, 5) is 21.4. The van der Waals surface area contributed by atoms with Gasteiger partial charge in [0.15, 0.2) is 0 Å². The molecule has 2 saturated heterocycles. The number of aromatic nitrogens is 1. The lowest BCUT2D eigenvalue weighted by Crippen LogP contribution is -2.56. The first kappa shape index (κ1) is 21.2. The molecular weight excluding hydrogens is 400 g/mol. The molecule has 1 aromatic carbocycles. The molecule has 1 aromatic heterocycles. The third kappa shape index (κ3) is 4.52. The molecule has 162 valence electrons. The molecule has 0 spiro atoms. The van der Waals surface area contributed by atoms with Gasteiger partial charge in [-0.1, -0.05) is 6.07 Å². The Labute approximate surface area is 180 Å². The number of carbonyl (C=O) groups is 1. The molecule has 2 aliphatic rings. The Kier molecular flexibility index (Phi) is 6.14. The zero-order valence-electron chi connectivity index (χ0n) is 17.4. The average Bonchev–Trinajstić information content (AvgIpc) is 3.02. The highest BCUT2D eigenvalue weighted by Crippen LogP contribution is 2.34. The standard InChI is InChI=1S/C23H25F2N5O/c1-15(20-6-3-17(24)10-21(20)25)27-9-8-23(31)29-13-18-4-5-19(14-29)30(18)22-7-2-16(11-26)12-28-22/h2-3,6-7,10,12,15,18-19,27H,4-5,8-9,13-14H2,1H3/t15-,18?,19?/m0/s1. The van der Waals surface area contributed by atoms with Crippen molar-refractivity contribution in [2.45, 2.75) is 44.3 Å². The van der Waals surface area contributed by atoms with Crippen molar-refractivity contribution < 1.29 is 13.6 Å². The van der Waals surface area contributed by atoms with E-state index in [1.807, 2.05) is 11.0 Å². The molecule has 2 fully saturated rings. The van der Waals surface area contributed by atoms with Crippen LogP contribution in [0, 0.1) is 23.0 Å². The van der Waals surface area contributed by atoms with Crippen LogP contribution in [0.1, 0.15) is 43.4 Å². The van der Waals surface area contributed by atoms with Crippen LogP contribution >= 0.6 is 0 Å². The molecule has 1 N–H and O–H groups in total. The molecule has 0 aliphatic carbocycles. The van der Waals surface area contributed by atoms with E-state index in [-0.39, 0.29) is 24.0 Å². The summed E-state index contributed by atoms with van der Waals surface area (Å²) in [5.41, 5.74) is 0.919. The van der Waals surface area contributed by atoms with Crippen LogP contribution in [-0.4, -0.2) is 47.5 Å². The number of benzene rings is 1. The van der Waals surface area contributed by atoms with E-state index < -0.39 is 11.6 Å². The summed E-state index contributed by atoms with van der Waals surface area (Å²) in [5, 5.41) is 12.1. The van der Waals surface area contributed by atoms with Crippen molar-refractivity contribution >= 4 is 11.7 Å². The number of likely N-dealkylation sites (tertiary alicyclic amines) is 1. The fourth-order valence-electron chi connectivity index (χ4n) is 4.60. The number of rotatable bonds is 6. The minimum atomic E-state index is -0.603.